The average Bonchev–Trinajstić information content (AvgIpc) is 2.45. The van der Waals surface area contributed by atoms with Crippen molar-refractivity contribution < 1.29 is 18.1 Å². The highest BCUT2D eigenvalue weighted by atomic mass is 19.4. The van der Waals surface area contributed by atoms with Crippen molar-refractivity contribution in [2.75, 3.05) is 25.0 Å². The fraction of sp³-hybridized carbons (Fsp3) is 0.538. The van der Waals surface area contributed by atoms with Gasteiger partial charge >= 0.3 is 6.18 Å². The third-order valence-electron chi connectivity index (χ3n) is 3.56. The van der Waals surface area contributed by atoms with Crippen LogP contribution in [0, 0.1) is 16.0 Å². The van der Waals surface area contributed by atoms with Gasteiger partial charge in [-0.05, 0) is 44.0 Å². The van der Waals surface area contributed by atoms with Crippen LogP contribution >= 0.6 is 0 Å². The van der Waals surface area contributed by atoms with E-state index in [0.29, 0.717) is 18.5 Å². The Morgan fingerprint density at radius 1 is 1.33 bits per heavy atom. The molecule has 0 amide bonds. The lowest BCUT2D eigenvalue weighted by molar-refractivity contribution is -0.384. The number of hydrogen-bond acceptors (Lipinski definition) is 4. The molecule has 0 aromatic heterocycles. The highest BCUT2D eigenvalue weighted by Crippen LogP contribution is 2.35. The van der Waals surface area contributed by atoms with E-state index < -0.39 is 22.4 Å². The van der Waals surface area contributed by atoms with E-state index in [2.05, 4.69) is 10.6 Å². The third kappa shape index (κ3) is 4.07. The third-order valence-corrected chi connectivity index (χ3v) is 3.56. The van der Waals surface area contributed by atoms with Crippen molar-refractivity contribution in [3.8, 4) is 0 Å². The van der Waals surface area contributed by atoms with Gasteiger partial charge in [0.15, 0.2) is 0 Å². The highest BCUT2D eigenvalue weighted by Gasteiger charge is 2.33. The number of nitrogens with one attached hydrogen (secondary N) is 2. The van der Waals surface area contributed by atoms with Crippen molar-refractivity contribution in [2.24, 2.45) is 5.92 Å². The van der Waals surface area contributed by atoms with Crippen LogP contribution in [0.1, 0.15) is 18.4 Å². The predicted molar refractivity (Wildman–Crippen MR) is 72.2 cm³/mol. The smallest absolute Gasteiger partial charge is 0.379 e. The normalized spacial score (nSPS) is 16.7. The second-order valence-corrected chi connectivity index (χ2v) is 5.06. The molecule has 1 aromatic carbocycles. The summed E-state index contributed by atoms with van der Waals surface area (Å²) in [5.41, 5.74) is -1.42. The summed E-state index contributed by atoms with van der Waals surface area (Å²) in [5.74, 6) is 0.369. The number of alkyl halides is 3. The van der Waals surface area contributed by atoms with E-state index in [9.17, 15) is 23.3 Å². The summed E-state index contributed by atoms with van der Waals surface area (Å²) < 4.78 is 37.8. The molecular formula is C13H16F3N3O2. The molecule has 0 saturated carbocycles. The van der Waals surface area contributed by atoms with E-state index in [1.165, 1.54) is 0 Å². The minimum absolute atomic E-state index is 0.131. The standard InChI is InChI=1S/C13H16F3N3O2/c14-13(15,16)10-1-2-11(12(7-10)19(20)21)18-8-9-3-5-17-6-4-9/h1-2,7,9,17-18H,3-6,8H2. The molecule has 1 aliphatic rings. The Kier molecular flexibility index (Phi) is 4.66. The number of nitrogens with zero attached hydrogens (tertiary/aromatic N) is 1. The van der Waals surface area contributed by atoms with Gasteiger partial charge in [-0.2, -0.15) is 13.2 Å². The molecule has 0 atom stereocenters. The zero-order valence-corrected chi connectivity index (χ0v) is 11.2. The molecule has 21 heavy (non-hydrogen) atoms. The van der Waals surface area contributed by atoms with Gasteiger partial charge in [-0.25, -0.2) is 0 Å². The maximum atomic E-state index is 12.6. The lowest BCUT2D eigenvalue weighted by Gasteiger charge is -2.23. The number of nitro benzene ring substituents is 1. The molecule has 0 spiro atoms. The topological polar surface area (TPSA) is 67.2 Å². The summed E-state index contributed by atoms with van der Waals surface area (Å²) >= 11 is 0. The van der Waals surface area contributed by atoms with Gasteiger partial charge in [-0.1, -0.05) is 0 Å². The molecule has 1 aliphatic heterocycles. The Morgan fingerprint density at radius 3 is 2.57 bits per heavy atom. The Balaban J connectivity index is 2.12. The number of nitro groups is 1. The second kappa shape index (κ2) is 6.30. The van der Waals surface area contributed by atoms with Crippen molar-refractivity contribution in [1.82, 2.24) is 5.32 Å². The monoisotopic (exact) mass is 303 g/mol. The Labute approximate surface area is 119 Å². The second-order valence-electron chi connectivity index (χ2n) is 5.06. The van der Waals surface area contributed by atoms with Crippen LogP contribution in [0.25, 0.3) is 0 Å². The minimum atomic E-state index is -4.58. The van der Waals surface area contributed by atoms with E-state index in [1.807, 2.05) is 0 Å². The molecule has 0 radical (unpaired) electrons. The molecule has 8 heteroatoms. The number of anilines is 1. The van der Waals surface area contributed by atoms with Crippen LogP contribution < -0.4 is 10.6 Å². The Hall–Kier alpha value is -1.83. The summed E-state index contributed by atoms with van der Waals surface area (Å²) in [4.78, 5) is 10.1. The van der Waals surface area contributed by atoms with Crippen LogP contribution in [-0.2, 0) is 6.18 Å². The lowest BCUT2D eigenvalue weighted by Crippen LogP contribution is -2.31. The van der Waals surface area contributed by atoms with Crippen LogP contribution in [0.5, 0.6) is 0 Å². The van der Waals surface area contributed by atoms with Gasteiger partial charge in [-0.3, -0.25) is 10.1 Å². The molecule has 116 valence electrons. The van der Waals surface area contributed by atoms with Gasteiger partial charge in [0.25, 0.3) is 5.69 Å². The fourth-order valence-electron chi connectivity index (χ4n) is 2.35. The molecule has 0 bridgehead atoms. The van der Waals surface area contributed by atoms with Gasteiger partial charge in [0.1, 0.15) is 5.69 Å². The number of hydrogen-bond donors (Lipinski definition) is 2. The van der Waals surface area contributed by atoms with E-state index in [1.54, 1.807) is 0 Å². The first-order valence-corrected chi connectivity index (χ1v) is 6.68. The van der Waals surface area contributed by atoms with E-state index in [-0.39, 0.29) is 5.69 Å². The molecule has 0 aliphatic carbocycles. The maximum absolute atomic E-state index is 12.6. The maximum Gasteiger partial charge on any atom is 0.416 e. The van der Waals surface area contributed by atoms with E-state index >= 15 is 0 Å². The number of benzene rings is 1. The van der Waals surface area contributed by atoms with Gasteiger partial charge in [0.2, 0.25) is 0 Å². The molecule has 1 heterocycles. The first-order chi connectivity index (χ1) is 9.88. The Morgan fingerprint density at radius 2 is 2.00 bits per heavy atom. The van der Waals surface area contributed by atoms with Gasteiger partial charge in [0, 0.05) is 12.6 Å². The summed E-state index contributed by atoms with van der Waals surface area (Å²) in [7, 11) is 0. The summed E-state index contributed by atoms with van der Waals surface area (Å²) in [5, 5.41) is 17.1. The van der Waals surface area contributed by atoms with E-state index in [0.717, 1.165) is 38.1 Å². The van der Waals surface area contributed by atoms with Crippen molar-refractivity contribution in [3.63, 3.8) is 0 Å². The fourth-order valence-corrected chi connectivity index (χ4v) is 2.35. The molecule has 2 N–H and O–H groups in total. The zero-order valence-electron chi connectivity index (χ0n) is 11.2. The summed E-state index contributed by atoms with van der Waals surface area (Å²) in [6, 6.07) is 2.56. The highest BCUT2D eigenvalue weighted by molar-refractivity contribution is 5.63. The van der Waals surface area contributed by atoms with Crippen LogP contribution in [0.15, 0.2) is 18.2 Å². The van der Waals surface area contributed by atoms with E-state index in [4.69, 9.17) is 0 Å². The van der Waals surface area contributed by atoms with Gasteiger partial charge in [-0.15, -0.1) is 0 Å². The molecule has 5 nitrogen and oxygen atoms in total. The summed E-state index contributed by atoms with van der Waals surface area (Å²) in [6.45, 7) is 2.30. The SMILES string of the molecule is O=[N+]([O-])c1cc(C(F)(F)F)ccc1NCC1CCNCC1. The first-order valence-electron chi connectivity index (χ1n) is 6.68. The molecule has 1 fully saturated rings. The predicted octanol–water partition coefficient (Wildman–Crippen LogP) is 3.03. The quantitative estimate of drug-likeness (QED) is 0.663. The van der Waals surface area contributed by atoms with Crippen molar-refractivity contribution in [1.29, 1.82) is 0 Å². The van der Waals surface area contributed by atoms with Crippen LogP contribution in [0.4, 0.5) is 24.5 Å². The first kappa shape index (κ1) is 15.6. The Bertz CT molecular complexity index is 514. The van der Waals surface area contributed by atoms with Crippen LogP contribution in [0.2, 0.25) is 0 Å². The van der Waals surface area contributed by atoms with Crippen LogP contribution in [0.3, 0.4) is 0 Å². The number of halogens is 3. The number of piperidine rings is 1. The van der Waals surface area contributed by atoms with Gasteiger partial charge in [0.05, 0.1) is 10.5 Å². The van der Waals surface area contributed by atoms with Crippen molar-refractivity contribution >= 4 is 11.4 Å². The molecule has 1 aromatic rings. The lowest BCUT2D eigenvalue weighted by atomic mass is 9.98. The summed E-state index contributed by atoms with van der Waals surface area (Å²) in [6.07, 6.45) is -2.69. The van der Waals surface area contributed by atoms with Gasteiger partial charge < -0.3 is 10.6 Å². The minimum Gasteiger partial charge on any atom is -0.379 e. The van der Waals surface area contributed by atoms with Crippen molar-refractivity contribution in [2.45, 2.75) is 19.0 Å². The largest absolute Gasteiger partial charge is 0.416 e. The zero-order chi connectivity index (χ0) is 15.5. The molecule has 0 unspecified atom stereocenters. The van der Waals surface area contributed by atoms with Crippen molar-refractivity contribution in [3.05, 3.63) is 33.9 Å². The molecule has 1 saturated heterocycles. The average molecular weight is 303 g/mol. The molecule has 2 rings (SSSR count). The van der Waals surface area contributed by atoms with Crippen LogP contribution in [-0.4, -0.2) is 24.6 Å². The molecular weight excluding hydrogens is 287 g/mol. The number of rotatable bonds is 4.